The molecule has 0 aliphatic carbocycles. The summed E-state index contributed by atoms with van der Waals surface area (Å²) in [5, 5.41) is 9.43. The van der Waals surface area contributed by atoms with E-state index in [9.17, 15) is 9.59 Å². The van der Waals surface area contributed by atoms with Crippen molar-refractivity contribution in [2.24, 2.45) is 0 Å². The quantitative estimate of drug-likeness (QED) is 0.814. The molecule has 0 bridgehead atoms. The average Bonchev–Trinajstić information content (AvgIpc) is 2.98. The molecule has 1 aliphatic rings. The van der Waals surface area contributed by atoms with Gasteiger partial charge in [-0.2, -0.15) is 0 Å². The van der Waals surface area contributed by atoms with Crippen LogP contribution in [0.3, 0.4) is 0 Å². The molecule has 21 heavy (non-hydrogen) atoms. The minimum atomic E-state index is -0.780. The maximum atomic E-state index is 12.7. The highest BCUT2D eigenvalue weighted by Gasteiger charge is 2.49. The summed E-state index contributed by atoms with van der Waals surface area (Å²) in [7, 11) is 0. The van der Waals surface area contributed by atoms with Gasteiger partial charge in [-0.15, -0.1) is 10.2 Å². The third-order valence-corrected chi connectivity index (χ3v) is 4.62. The van der Waals surface area contributed by atoms with Crippen LogP contribution in [0, 0.1) is 6.92 Å². The molecule has 1 atom stereocenters. The molecule has 2 aromatic rings. The Kier molecular flexibility index (Phi) is 3.33. The number of nitrogens with zero attached hydrogens (tertiary/aromatic N) is 3. The molecule has 0 radical (unpaired) electrons. The first kappa shape index (κ1) is 13.9. The van der Waals surface area contributed by atoms with Crippen molar-refractivity contribution in [3.05, 3.63) is 45.9 Å². The van der Waals surface area contributed by atoms with Crippen LogP contribution in [0.15, 0.2) is 30.3 Å². The predicted molar refractivity (Wildman–Crippen MR) is 78.6 cm³/mol. The number of amides is 2. The summed E-state index contributed by atoms with van der Waals surface area (Å²) in [6, 6.07) is 9.45. The van der Waals surface area contributed by atoms with E-state index in [0.717, 1.165) is 10.6 Å². The minimum Gasteiger partial charge on any atom is -0.275 e. The maximum absolute atomic E-state index is 12.7. The van der Waals surface area contributed by atoms with Gasteiger partial charge in [0, 0.05) is 6.42 Å². The number of likely N-dealkylation sites (tertiary alicyclic amines) is 1. The molecule has 1 aromatic carbocycles. The number of rotatable bonds is 3. The first-order chi connectivity index (χ1) is 10.0. The minimum absolute atomic E-state index is 0.154. The van der Waals surface area contributed by atoms with Crippen molar-refractivity contribution in [1.29, 1.82) is 0 Å². The zero-order chi connectivity index (χ0) is 15.0. The van der Waals surface area contributed by atoms with Crippen molar-refractivity contribution in [2.75, 3.05) is 0 Å². The van der Waals surface area contributed by atoms with E-state index in [1.807, 2.05) is 44.2 Å². The number of imide groups is 1. The van der Waals surface area contributed by atoms with E-state index >= 15 is 0 Å². The summed E-state index contributed by atoms with van der Waals surface area (Å²) in [6.07, 6.45) is 0.202. The van der Waals surface area contributed by atoms with Crippen LogP contribution < -0.4 is 0 Å². The maximum Gasteiger partial charge on any atom is 0.240 e. The third kappa shape index (κ3) is 2.35. The van der Waals surface area contributed by atoms with Gasteiger partial charge >= 0.3 is 0 Å². The molecule has 1 unspecified atom stereocenters. The van der Waals surface area contributed by atoms with Crippen molar-refractivity contribution in [3.63, 3.8) is 0 Å². The molecular formula is C15H15N3O2S. The molecule has 1 aliphatic heterocycles. The van der Waals surface area contributed by atoms with Crippen molar-refractivity contribution >= 4 is 23.2 Å². The molecule has 0 spiro atoms. The first-order valence-electron chi connectivity index (χ1n) is 6.70. The Morgan fingerprint density at radius 1 is 1.24 bits per heavy atom. The molecule has 3 rings (SSSR count). The fourth-order valence-electron chi connectivity index (χ4n) is 2.61. The Morgan fingerprint density at radius 2 is 1.95 bits per heavy atom. The van der Waals surface area contributed by atoms with Crippen LogP contribution in [0.25, 0.3) is 0 Å². The number of aryl methyl sites for hydroxylation is 1. The van der Waals surface area contributed by atoms with Gasteiger partial charge in [-0.3, -0.25) is 14.5 Å². The van der Waals surface area contributed by atoms with Gasteiger partial charge in [-0.1, -0.05) is 41.7 Å². The average molecular weight is 301 g/mol. The standard InChI is InChI=1S/C15H15N3O2S/c1-10-16-17-12(21-10)9-18-13(19)8-15(2,14(18)20)11-6-4-3-5-7-11/h3-7H,8-9H2,1-2H3. The molecule has 2 amide bonds. The van der Waals surface area contributed by atoms with Crippen LogP contribution in [0.4, 0.5) is 0 Å². The SMILES string of the molecule is Cc1nnc(CN2C(=O)CC(C)(c3ccccc3)C2=O)s1. The van der Waals surface area contributed by atoms with Crippen LogP contribution in [-0.2, 0) is 21.5 Å². The van der Waals surface area contributed by atoms with Gasteiger partial charge < -0.3 is 0 Å². The lowest BCUT2D eigenvalue weighted by Gasteiger charge is -2.22. The monoisotopic (exact) mass is 301 g/mol. The zero-order valence-electron chi connectivity index (χ0n) is 11.9. The van der Waals surface area contributed by atoms with E-state index in [1.54, 1.807) is 0 Å². The van der Waals surface area contributed by atoms with Crippen molar-refractivity contribution in [3.8, 4) is 0 Å². The molecule has 0 saturated carbocycles. The Hall–Kier alpha value is -2.08. The number of carbonyl (C=O) groups excluding carboxylic acids is 2. The predicted octanol–water partition coefficient (Wildman–Crippen LogP) is 2.06. The molecule has 0 N–H and O–H groups in total. The molecule has 6 heteroatoms. The van der Waals surface area contributed by atoms with E-state index in [2.05, 4.69) is 10.2 Å². The lowest BCUT2D eigenvalue weighted by Crippen LogP contribution is -2.36. The van der Waals surface area contributed by atoms with Crippen molar-refractivity contribution in [1.82, 2.24) is 15.1 Å². The molecule has 1 fully saturated rings. The van der Waals surface area contributed by atoms with Gasteiger partial charge in [0.15, 0.2) is 0 Å². The number of aromatic nitrogens is 2. The Balaban J connectivity index is 1.88. The van der Waals surface area contributed by atoms with Crippen molar-refractivity contribution in [2.45, 2.75) is 32.2 Å². The number of hydrogen-bond acceptors (Lipinski definition) is 5. The fourth-order valence-corrected chi connectivity index (χ4v) is 3.31. The van der Waals surface area contributed by atoms with E-state index in [0.29, 0.717) is 5.01 Å². The largest absolute Gasteiger partial charge is 0.275 e. The van der Waals surface area contributed by atoms with E-state index in [-0.39, 0.29) is 24.8 Å². The second-order valence-corrected chi connectivity index (χ2v) is 6.64. The van der Waals surface area contributed by atoms with Gasteiger partial charge in [0.05, 0.1) is 12.0 Å². The van der Waals surface area contributed by atoms with Gasteiger partial charge in [-0.05, 0) is 19.4 Å². The van der Waals surface area contributed by atoms with Crippen LogP contribution in [0.5, 0.6) is 0 Å². The zero-order valence-corrected chi connectivity index (χ0v) is 12.7. The highest BCUT2D eigenvalue weighted by molar-refractivity contribution is 7.11. The summed E-state index contributed by atoms with van der Waals surface area (Å²) in [6.45, 7) is 3.89. The summed E-state index contributed by atoms with van der Waals surface area (Å²) >= 11 is 1.41. The summed E-state index contributed by atoms with van der Waals surface area (Å²) in [5.41, 5.74) is 0.0947. The Labute approximate surface area is 126 Å². The smallest absolute Gasteiger partial charge is 0.240 e. The Bertz CT molecular complexity index is 698. The highest BCUT2D eigenvalue weighted by Crippen LogP contribution is 2.36. The Morgan fingerprint density at radius 3 is 2.57 bits per heavy atom. The molecule has 1 aromatic heterocycles. The molecule has 108 valence electrons. The van der Waals surface area contributed by atoms with Gasteiger partial charge in [-0.25, -0.2) is 0 Å². The summed E-state index contributed by atoms with van der Waals surface area (Å²) < 4.78 is 0. The first-order valence-corrected chi connectivity index (χ1v) is 7.51. The molecule has 2 heterocycles. The van der Waals surface area contributed by atoms with Gasteiger partial charge in [0.25, 0.3) is 0 Å². The lowest BCUT2D eigenvalue weighted by atomic mass is 9.81. The van der Waals surface area contributed by atoms with Gasteiger partial charge in [0.1, 0.15) is 10.0 Å². The van der Waals surface area contributed by atoms with Gasteiger partial charge in [0.2, 0.25) is 11.8 Å². The normalized spacial score (nSPS) is 22.1. The van der Waals surface area contributed by atoms with E-state index in [1.165, 1.54) is 16.2 Å². The third-order valence-electron chi connectivity index (χ3n) is 3.80. The van der Waals surface area contributed by atoms with Crippen LogP contribution in [0.2, 0.25) is 0 Å². The molecule has 5 nitrogen and oxygen atoms in total. The van der Waals surface area contributed by atoms with Crippen molar-refractivity contribution < 1.29 is 9.59 Å². The van der Waals surface area contributed by atoms with Crippen LogP contribution in [0.1, 0.15) is 28.9 Å². The van der Waals surface area contributed by atoms with Crippen LogP contribution in [-0.4, -0.2) is 26.9 Å². The molecular weight excluding hydrogens is 286 g/mol. The summed E-state index contributed by atoms with van der Waals surface area (Å²) in [4.78, 5) is 26.3. The fraction of sp³-hybridized carbons (Fsp3) is 0.333. The number of carbonyl (C=O) groups is 2. The van der Waals surface area contributed by atoms with E-state index in [4.69, 9.17) is 0 Å². The summed E-state index contributed by atoms with van der Waals surface area (Å²) in [5.74, 6) is -0.314. The molecule has 1 saturated heterocycles. The van der Waals surface area contributed by atoms with Crippen LogP contribution >= 0.6 is 11.3 Å². The highest BCUT2D eigenvalue weighted by atomic mass is 32.1. The van der Waals surface area contributed by atoms with E-state index < -0.39 is 5.41 Å². The number of benzene rings is 1. The number of hydrogen-bond donors (Lipinski definition) is 0. The lowest BCUT2D eigenvalue weighted by molar-refractivity contribution is -0.140. The second kappa shape index (κ2) is 5.04. The second-order valence-electron chi connectivity index (χ2n) is 5.37. The topological polar surface area (TPSA) is 63.2 Å².